The minimum absolute atomic E-state index is 0.185. The van der Waals surface area contributed by atoms with Crippen molar-refractivity contribution in [2.24, 2.45) is 5.41 Å². The van der Waals surface area contributed by atoms with E-state index in [1.54, 1.807) is 0 Å². The Bertz CT molecular complexity index is 271. The van der Waals surface area contributed by atoms with Gasteiger partial charge in [0.15, 0.2) is 0 Å². The maximum Gasteiger partial charge on any atom is 0.0203 e. The number of hydrogen-bond donors (Lipinski definition) is 1. The van der Waals surface area contributed by atoms with Crippen LogP contribution < -0.4 is 5.32 Å². The van der Waals surface area contributed by atoms with Crippen molar-refractivity contribution in [3.05, 3.63) is 12.2 Å². The average molecular weight is 252 g/mol. The molecule has 0 amide bonds. The largest absolute Gasteiger partial charge is 0.308 e. The summed E-state index contributed by atoms with van der Waals surface area (Å²) in [6.45, 7) is 20.0. The molecule has 0 bridgehead atoms. The summed E-state index contributed by atoms with van der Waals surface area (Å²) in [7, 11) is 0. The zero-order valence-corrected chi connectivity index (χ0v) is 13.1. The first-order valence-corrected chi connectivity index (χ1v) is 7.44. The van der Waals surface area contributed by atoms with Crippen LogP contribution in [0.5, 0.6) is 0 Å². The fourth-order valence-electron chi connectivity index (χ4n) is 2.75. The van der Waals surface area contributed by atoms with Crippen molar-refractivity contribution >= 4 is 0 Å². The number of nitrogens with one attached hydrogen (secondary N) is 1. The van der Waals surface area contributed by atoms with Crippen molar-refractivity contribution in [3.63, 3.8) is 0 Å². The Kier molecular flexibility index (Phi) is 5.42. The van der Waals surface area contributed by atoms with Gasteiger partial charge in [-0.2, -0.15) is 0 Å². The first-order chi connectivity index (χ1) is 8.30. The Balaban J connectivity index is 2.34. The molecular weight excluding hydrogens is 220 g/mol. The van der Waals surface area contributed by atoms with Crippen molar-refractivity contribution in [1.82, 2.24) is 10.2 Å². The minimum Gasteiger partial charge on any atom is -0.308 e. The normalized spacial score (nSPS) is 20.3. The van der Waals surface area contributed by atoms with Crippen LogP contribution in [0.2, 0.25) is 0 Å². The second-order valence-corrected chi connectivity index (χ2v) is 7.02. The molecule has 1 fully saturated rings. The lowest BCUT2D eigenvalue weighted by Gasteiger charge is -2.27. The van der Waals surface area contributed by atoms with Crippen molar-refractivity contribution in [3.8, 4) is 0 Å². The van der Waals surface area contributed by atoms with Crippen LogP contribution >= 0.6 is 0 Å². The van der Waals surface area contributed by atoms with E-state index in [4.69, 9.17) is 0 Å². The molecule has 0 aliphatic carbocycles. The fraction of sp³-hybridized carbons (Fsp3) is 0.875. The van der Waals surface area contributed by atoms with Crippen molar-refractivity contribution in [2.45, 2.75) is 59.4 Å². The van der Waals surface area contributed by atoms with Gasteiger partial charge in [-0.1, -0.05) is 20.4 Å². The molecule has 2 nitrogen and oxygen atoms in total. The van der Waals surface area contributed by atoms with Crippen LogP contribution in [0.15, 0.2) is 12.2 Å². The van der Waals surface area contributed by atoms with Gasteiger partial charge >= 0.3 is 0 Å². The topological polar surface area (TPSA) is 15.3 Å². The third kappa shape index (κ3) is 4.74. The van der Waals surface area contributed by atoms with Gasteiger partial charge in [-0.05, 0) is 57.6 Å². The van der Waals surface area contributed by atoms with Crippen LogP contribution in [0.3, 0.4) is 0 Å². The molecule has 0 saturated carbocycles. The van der Waals surface area contributed by atoms with Gasteiger partial charge < -0.3 is 5.32 Å². The standard InChI is InChI=1S/C16H32N2/c1-7-16(8-2)9-10-18(13-16)12-14(3)11-17-15(4,5)6/h17H,3,7-13H2,1-2,4-6H3. The summed E-state index contributed by atoms with van der Waals surface area (Å²) in [5, 5.41) is 3.52. The third-order valence-corrected chi connectivity index (χ3v) is 4.33. The smallest absolute Gasteiger partial charge is 0.0203 e. The molecule has 0 atom stereocenters. The van der Waals surface area contributed by atoms with E-state index >= 15 is 0 Å². The van der Waals surface area contributed by atoms with Gasteiger partial charge in [0.25, 0.3) is 0 Å². The van der Waals surface area contributed by atoms with E-state index in [-0.39, 0.29) is 5.54 Å². The Morgan fingerprint density at radius 3 is 2.33 bits per heavy atom. The zero-order valence-electron chi connectivity index (χ0n) is 13.1. The molecule has 1 heterocycles. The summed E-state index contributed by atoms with van der Waals surface area (Å²) in [5.41, 5.74) is 2.08. The van der Waals surface area contributed by atoms with E-state index < -0.39 is 0 Å². The van der Waals surface area contributed by atoms with Gasteiger partial charge in [-0.25, -0.2) is 0 Å². The fourth-order valence-corrected chi connectivity index (χ4v) is 2.75. The maximum absolute atomic E-state index is 4.22. The van der Waals surface area contributed by atoms with Gasteiger partial charge in [0.1, 0.15) is 0 Å². The van der Waals surface area contributed by atoms with Crippen LogP contribution in [0.1, 0.15) is 53.9 Å². The molecule has 0 aromatic rings. The summed E-state index contributed by atoms with van der Waals surface area (Å²) in [6.07, 6.45) is 3.99. The Morgan fingerprint density at radius 1 is 1.28 bits per heavy atom. The van der Waals surface area contributed by atoms with Gasteiger partial charge in [-0.3, -0.25) is 4.90 Å². The molecule has 1 aliphatic heterocycles. The maximum atomic E-state index is 4.22. The molecule has 18 heavy (non-hydrogen) atoms. The van der Waals surface area contributed by atoms with Crippen molar-refractivity contribution in [2.75, 3.05) is 26.2 Å². The highest BCUT2D eigenvalue weighted by molar-refractivity contribution is 5.03. The number of hydrogen-bond acceptors (Lipinski definition) is 2. The highest BCUT2D eigenvalue weighted by atomic mass is 15.2. The quantitative estimate of drug-likeness (QED) is 0.729. The van der Waals surface area contributed by atoms with Gasteiger partial charge in [0.05, 0.1) is 0 Å². The second-order valence-electron chi connectivity index (χ2n) is 7.02. The molecule has 1 N–H and O–H groups in total. The SMILES string of the molecule is C=C(CNC(C)(C)C)CN1CCC(CC)(CC)C1. The molecule has 0 unspecified atom stereocenters. The van der Waals surface area contributed by atoms with Crippen molar-refractivity contribution in [1.29, 1.82) is 0 Å². The molecule has 106 valence electrons. The highest BCUT2D eigenvalue weighted by Gasteiger charge is 2.34. The molecule has 2 heteroatoms. The first-order valence-electron chi connectivity index (χ1n) is 7.44. The molecule has 1 aliphatic rings. The van der Waals surface area contributed by atoms with E-state index in [1.807, 2.05) is 0 Å². The number of likely N-dealkylation sites (tertiary alicyclic amines) is 1. The molecule has 0 spiro atoms. The third-order valence-electron chi connectivity index (χ3n) is 4.33. The average Bonchev–Trinajstić information content (AvgIpc) is 2.70. The lowest BCUT2D eigenvalue weighted by Crippen LogP contribution is -2.38. The van der Waals surface area contributed by atoms with E-state index in [1.165, 1.54) is 37.9 Å². The Hall–Kier alpha value is -0.340. The molecule has 1 saturated heterocycles. The van der Waals surface area contributed by atoms with Crippen LogP contribution in [-0.2, 0) is 0 Å². The monoisotopic (exact) mass is 252 g/mol. The van der Waals surface area contributed by atoms with Crippen LogP contribution in [-0.4, -0.2) is 36.6 Å². The van der Waals surface area contributed by atoms with Gasteiger partial charge in [-0.15, -0.1) is 0 Å². The molecule has 1 rings (SSSR count). The van der Waals surface area contributed by atoms with E-state index in [9.17, 15) is 0 Å². The summed E-state index contributed by atoms with van der Waals surface area (Å²) < 4.78 is 0. The molecule has 0 radical (unpaired) electrons. The Labute approximate surface area is 114 Å². The Morgan fingerprint density at radius 2 is 1.89 bits per heavy atom. The number of nitrogens with zero attached hydrogens (tertiary/aromatic N) is 1. The lowest BCUT2D eigenvalue weighted by atomic mass is 9.82. The summed E-state index contributed by atoms with van der Waals surface area (Å²) in [6, 6.07) is 0. The van der Waals surface area contributed by atoms with Crippen LogP contribution in [0, 0.1) is 5.41 Å². The van der Waals surface area contributed by atoms with E-state index in [0.717, 1.165) is 13.1 Å². The summed E-state index contributed by atoms with van der Waals surface area (Å²) >= 11 is 0. The second kappa shape index (κ2) is 6.21. The summed E-state index contributed by atoms with van der Waals surface area (Å²) in [4.78, 5) is 2.58. The van der Waals surface area contributed by atoms with Crippen LogP contribution in [0.4, 0.5) is 0 Å². The molecule has 0 aromatic carbocycles. The van der Waals surface area contributed by atoms with Gasteiger partial charge in [0, 0.05) is 25.2 Å². The minimum atomic E-state index is 0.185. The molecular formula is C16H32N2. The molecule has 0 aromatic heterocycles. The lowest BCUT2D eigenvalue weighted by molar-refractivity contribution is 0.248. The van der Waals surface area contributed by atoms with E-state index in [2.05, 4.69) is 51.4 Å². The first kappa shape index (κ1) is 15.7. The van der Waals surface area contributed by atoms with Crippen LogP contribution in [0.25, 0.3) is 0 Å². The van der Waals surface area contributed by atoms with E-state index in [0.29, 0.717) is 5.41 Å². The zero-order chi connectivity index (χ0) is 13.8. The predicted octanol–water partition coefficient (Wildman–Crippen LogP) is 3.44. The van der Waals surface area contributed by atoms with Crippen molar-refractivity contribution < 1.29 is 0 Å². The summed E-state index contributed by atoms with van der Waals surface area (Å²) in [5.74, 6) is 0. The highest BCUT2D eigenvalue weighted by Crippen LogP contribution is 2.36. The number of rotatable bonds is 6. The van der Waals surface area contributed by atoms with Gasteiger partial charge in [0.2, 0.25) is 0 Å². The predicted molar refractivity (Wildman–Crippen MR) is 81.0 cm³/mol.